The Morgan fingerprint density at radius 3 is 2.44 bits per heavy atom. The van der Waals surface area contributed by atoms with Gasteiger partial charge < -0.3 is 15.0 Å². The molecule has 1 heterocycles. The number of morpholine rings is 1. The topological polar surface area (TPSA) is 27.7 Å². The number of rotatable bonds is 7. The van der Waals surface area contributed by atoms with Gasteiger partial charge in [0.2, 0.25) is 0 Å². The minimum Gasteiger partial charge on any atom is -0.374 e. The van der Waals surface area contributed by atoms with Crippen LogP contribution in [0.5, 0.6) is 0 Å². The second kappa shape index (κ2) is 8.10. The molecule has 0 amide bonds. The van der Waals surface area contributed by atoms with E-state index in [1.807, 2.05) is 0 Å². The summed E-state index contributed by atoms with van der Waals surface area (Å²) in [5, 5.41) is 3.43. The van der Waals surface area contributed by atoms with Crippen molar-refractivity contribution in [1.29, 1.82) is 0 Å². The molecule has 2 unspecified atom stereocenters. The molecule has 0 radical (unpaired) electrons. The molecule has 108 valence electrons. The van der Waals surface area contributed by atoms with Crippen LogP contribution in [0.25, 0.3) is 0 Å². The Kier molecular flexibility index (Phi) is 7.15. The smallest absolute Gasteiger partial charge is 0.0852 e. The average Bonchev–Trinajstić information content (AvgIpc) is 2.34. The van der Waals surface area contributed by atoms with Crippen molar-refractivity contribution in [3.05, 3.63) is 0 Å². The molecule has 1 aliphatic heterocycles. The Labute approximate surface area is 113 Å². The van der Waals surface area contributed by atoms with Gasteiger partial charge in [-0.25, -0.2) is 0 Å². The highest BCUT2D eigenvalue weighted by molar-refractivity contribution is 4.81. The van der Waals surface area contributed by atoms with Crippen molar-refractivity contribution in [2.75, 3.05) is 53.4 Å². The molecule has 4 nitrogen and oxygen atoms in total. The van der Waals surface area contributed by atoms with Gasteiger partial charge in [0.25, 0.3) is 0 Å². The van der Waals surface area contributed by atoms with Crippen LogP contribution in [-0.2, 0) is 4.74 Å². The van der Waals surface area contributed by atoms with Crippen molar-refractivity contribution < 1.29 is 4.74 Å². The zero-order chi connectivity index (χ0) is 13.5. The van der Waals surface area contributed by atoms with Crippen molar-refractivity contribution >= 4 is 0 Å². The SMILES string of the molecule is CC(C)CN(CCN(C)C)C(C)C1CNCCO1. The van der Waals surface area contributed by atoms with Crippen LogP contribution in [0.4, 0.5) is 0 Å². The Balaban J connectivity index is 2.50. The van der Waals surface area contributed by atoms with Crippen molar-refractivity contribution in [2.45, 2.75) is 32.9 Å². The van der Waals surface area contributed by atoms with E-state index in [0.717, 1.165) is 39.3 Å². The normalized spacial score (nSPS) is 23.0. The predicted molar refractivity (Wildman–Crippen MR) is 77.0 cm³/mol. The summed E-state index contributed by atoms with van der Waals surface area (Å²) in [7, 11) is 4.27. The molecule has 0 aromatic rings. The van der Waals surface area contributed by atoms with Crippen LogP contribution < -0.4 is 5.32 Å². The Hall–Kier alpha value is -0.160. The van der Waals surface area contributed by atoms with Gasteiger partial charge in [-0.05, 0) is 26.9 Å². The molecule has 1 saturated heterocycles. The lowest BCUT2D eigenvalue weighted by Gasteiger charge is -2.38. The summed E-state index contributed by atoms with van der Waals surface area (Å²) >= 11 is 0. The van der Waals surface area contributed by atoms with E-state index in [9.17, 15) is 0 Å². The fraction of sp³-hybridized carbons (Fsp3) is 1.00. The zero-order valence-electron chi connectivity index (χ0n) is 12.8. The molecular formula is C14H31N3O. The largest absolute Gasteiger partial charge is 0.374 e. The van der Waals surface area contributed by atoms with Crippen LogP contribution in [0, 0.1) is 5.92 Å². The van der Waals surface area contributed by atoms with Crippen LogP contribution in [0.3, 0.4) is 0 Å². The minimum atomic E-state index is 0.333. The fourth-order valence-electron chi connectivity index (χ4n) is 2.39. The van der Waals surface area contributed by atoms with Crippen molar-refractivity contribution in [3.8, 4) is 0 Å². The first kappa shape index (κ1) is 15.9. The van der Waals surface area contributed by atoms with Gasteiger partial charge in [-0.15, -0.1) is 0 Å². The molecule has 0 aliphatic carbocycles. The molecule has 0 spiro atoms. The highest BCUT2D eigenvalue weighted by Gasteiger charge is 2.26. The number of ether oxygens (including phenoxy) is 1. The Morgan fingerprint density at radius 2 is 1.94 bits per heavy atom. The molecule has 0 aromatic heterocycles. The maximum absolute atomic E-state index is 5.89. The standard InChI is InChI=1S/C14H31N3O/c1-12(2)11-17(8-7-16(4)5)13(3)14-10-15-6-9-18-14/h12-15H,6-11H2,1-5H3. The number of hydrogen-bond donors (Lipinski definition) is 1. The van der Waals surface area contributed by atoms with Gasteiger partial charge >= 0.3 is 0 Å². The van der Waals surface area contributed by atoms with Crippen LogP contribution in [0.2, 0.25) is 0 Å². The van der Waals surface area contributed by atoms with E-state index in [1.54, 1.807) is 0 Å². The van der Waals surface area contributed by atoms with Crippen molar-refractivity contribution in [3.63, 3.8) is 0 Å². The number of likely N-dealkylation sites (N-methyl/N-ethyl adjacent to an activating group) is 1. The third-order valence-corrected chi connectivity index (χ3v) is 3.50. The first-order valence-corrected chi connectivity index (χ1v) is 7.21. The molecule has 2 atom stereocenters. The lowest BCUT2D eigenvalue weighted by atomic mass is 10.1. The van der Waals surface area contributed by atoms with E-state index in [4.69, 9.17) is 4.74 Å². The maximum atomic E-state index is 5.89. The minimum absolute atomic E-state index is 0.333. The maximum Gasteiger partial charge on any atom is 0.0852 e. The van der Waals surface area contributed by atoms with E-state index in [2.05, 4.69) is 50.0 Å². The third kappa shape index (κ3) is 5.65. The second-order valence-electron chi connectivity index (χ2n) is 6.05. The molecule has 1 rings (SSSR count). The lowest BCUT2D eigenvalue weighted by Crippen LogP contribution is -2.52. The summed E-state index contributed by atoms with van der Waals surface area (Å²) < 4.78 is 5.89. The average molecular weight is 257 g/mol. The van der Waals surface area contributed by atoms with E-state index >= 15 is 0 Å². The summed E-state index contributed by atoms with van der Waals surface area (Å²) in [4.78, 5) is 4.82. The van der Waals surface area contributed by atoms with E-state index in [1.165, 1.54) is 0 Å². The van der Waals surface area contributed by atoms with E-state index < -0.39 is 0 Å². The van der Waals surface area contributed by atoms with Crippen LogP contribution >= 0.6 is 0 Å². The summed E-state index contributed by atoms with van der Waals surface area (Å²) in [6.07, 6.45) is 0.333. The Bertz CT molecular complexity index is 215. The van der Waals surface area contributed by atoms with Gasteiger partial charge in [-0.3, -0.25) is 4.90 Å². The molecule has 0 aromatic carbocycles. The lowest BCUT2D eigenvalue weighted by molar-refractivity contribution is -0.0296. The molecule has 0 bridgehead atoms. The van der Waals surface area contributed by atoms with E-state index in [-0.39, 0.29) is 0 Å². The third-order valence-electron chi connectivity index (χ3n) is 3.50. The summed E-state index contributed by atoms with van der Waals surface area (Å²) in [6, 6.07) is 0.486. The fourth-order valence-corrected chi connectivity index (χ4v) is 2.39. The van der Waals surface area contributed by atoms with Crippen molar-refractivity contribution in [2.24, 2.45) is 5.92 Å². The van der Waals surface area contributed by atoms with Gasteiger partial charge in [-0.2, -0.15) is 0 Å². The van der Waals surface area contributed by atoms with Gasteiger partial charge in [0.1, 0.15) is 0 Å². The monoisotopic (exact) mass is 257 g/mol. The molecule has 4 heteroatoms. The molecule has 0 saturated carbocycles. The molecule has 18 heavy (non-hydrogen) atoms. The first-order valence-electron chi connectivity index (χ1n) is 7.21. The van der Waals surface area contributed by atoms with Crippen LogP contribution in [0.15, 0.2) is 0 Å². The number of nitrogens with one attached hydrogen (secondary N) is 1. The summed E-state index contributed by atoms with van der Waals surface area (Å²) in [5.74, 6) is 0.700. The van der Waals surface area contributed by atoms with Gasteiger partial charge in [0, 0.05) is 38.8 Å². The molecule has 1 fully saturated rings. The van der Waals surface area contributed by atoms with Gasteiger partial charge in [0.05, 0.1) is 12.7 Å². The van der Waals surface area contributed by atoms with Gasteiger partial charge in [-0.1, -0.05) is 13.8 Å². The molecule has 1 aliphatic rings. The van der Waals surface area contributed by atoms with Crippen LogP contribution in [0.1, 0.15) is 20.8 Å². The Morgan fingerprint density at radius 1 is 1.22 bits per heavy atom. The highest BCUT2D eigenvalue weighted by atomic mass is 16.5. The number of hydrogen-bond acceptors (Lipinski definition) is 4. The second-order valence-corrected chi connectivity index (χ2v) is 6.05. The first-order chi connectivity index (χ1) is 8.50. The molecular weight excluding hydrogens is 226 g/mol. The summed E-state index contributed by atoms with van der Waals surface area (Å²) in [6.45, 7) is 13.1. The van der Waals surface area contributed by atoms with E-state index in [0.29, 0.717) is 18.1 Å². The number of nitrogens with zero attached hydrogens (tertiary/aromatic N) is 2. The quantitative estimate of drug-likeness (QED) is 0.733. The van der Waals surface area contributed by atoms with Crippen molar-refractivity contribution in [1.82, 2.24) is 15.1 Å². The van der Waals surface area contributed by atoms with Crippen LogP contribution in [-0.4, -0.2) is 75.4 Å². The summed E-state index contributed by atoms with van der Waals surface area (Å²) in [5.41, 5.74) is 0. The molecule has 1 N–H and O–H groups in total. The zero-order valence-corrected chi connectivity index (χ0v) is 12.8. The highest BCUT2D eigenvalue weighted by Crippen LogP contribution is 2.12. The van der Waals surface area contributed by atoms with Gasteiger partial charge in [0.15, 0.2) is 0 Å². The predicted octanol–water partition coefficient (Wildman–Crippen LogP) is 0.883.